The number of rotatable bonds is 4. The Bertz CT molecular complexity index is 1410. The molecule has 6 rings (SSSR count). The highest BCUT2D eigenvalue weighted by atomic mass is 16.7. The molecule has 0 radical (unpaired) electrons. The lowest BCUT2D eigenvalue weighted by Crippen LogP contribution is -2.67. The van der Waals surface area contributed by atoms with Gasteiger partial charge in [0.05, 0.1) is 32.6 Å². The Hall–Kier alpha value is -3.32. The number of benzene rings is 3. The van der Waals surface area contributed by atoms with Crippen LogP contribution in [0, 0.1) is 0 Å². The molecule has 11 heteroatoms. The van der Waals surface area contributed by atoms with E-state index in [-0.39, 0.29) is 6.79 Å². The van der Waals surface area contributed by atoms with Crippen LogP contribution < -0.4 is 23.8 Å². The number of fused-ring (bicyclic) bond motifs is 6. The summed E-state index contributed by atoms with van der Waals surface area (Å²) in [6.07, 6.45) is -6.99. The molecule has 38 heavy (non-hydrogen) atoms. The van der Waals surface area contributed by atoms with Gasteiger partial charge in [-0.1, -0.05) is 12.1 Å². The van der Waals surface area contributed by atoms with E-state index in [0.29, 0.717) is 34.1 Å². The molecule has 3 aliphatic heterocycles. The van der Waals surface area contributed by atoms with Crippen LogP contribution in [0.4, 0.5) is 5.69 Å². The molecule has 1 fully saturated rings. The zero-order valence-electron chi connectivity index (χ0n) is 21.0. The van der Waals surface area contributed by atoms with E-state index in [1.165, 1.54) is 14.2 Å². The molecule has 3 aromatic rings. The highest BCUT2D eigenvalue weighted by molar-refractivity contribution is 6.05. The van der Waals surface area contributed by atoms with Crippen molar-refractivity contribution in [2.24, 2.45) is 0 Å². The first kappa shape index (κ1) is 25.0. The molecular weight excluding hydrogens is 498 g/mol. The fourth-order valence-electron chi connectivity index (χ4n) is 5.82. The average molecular weight is 528 g/mol. The monoisotopic (exact) mass is 527 g/mol. The molecule has 0 aromatic heterocycles. The number of aliphatic hydroxyl groups excluding tert-OH is 4. The van der Waals surface area contributed by atoms with Gasteiger partial charge in [0.1, 0.15) is 24.4 Å². The van der Waals surface area contributed by atoms with Crippen molar-refractivity contribution in [2.75, 3.05) is 39.6 Å². The van der Waals surface area contributed by atoms with Crippen LogP contribution in [0.15, 0.2) is 36.4 Å². The quantitative estimate of drug-likeness (QED) is 0.329. The average Bonchev–Trinajstić information content (AvgIpc) is 3.39. The van der Waals surface area contributed by atoms with E-state index in [0.717, 1.165) is 22.0 Å². The molecule has 1 saturated heterocycles. The van der Waals surface area contributed by atoms with Crippen molar-refractivity contribution in [2.45, 2.75) is 36.2 Å². The Kier molecular flexibility index (Phi) is 5.83. The molecule has 6 atom stereocenters. The van der Waals surface area contributed by atoms with Crippen LogP contribution in [0.1, 0.15) is 11.6 Å². The second-order valence-electron chi connectivity index (χ2n) is 9.72. The van der Waals surface area contributed by atoms with Crippen molar-refractivity contribution in [1.29, 1.82) is 0 Å². The molecule has 202 valence electrons. The van der Waals surface area contributed by atoms with E-state index in [1.807, 2.05) is 30.3 Å². The number of hydrogen-bond donors (Lipinski definition) is 5. The van der Waals surface area contributed by atoms with Crippen LogP contribution in [0.3, 0.4) is 0 Å². The van der Waals surface area contributed by atoms with E-state index in [2.05, 4.69) is 0 Å². The standard InChI is InChI=1S/C27H29NO10/c1-28-21-14(5-4-12-8-18-19(9-15(12)21)37-11-36-18)13-6-7-17(34-2)24(35-3)20(13)22(28)25(31)27(33)26(32)23(30)16(29)10-38-27/h4-9,16,22-23,25-26,29-33H,10-11H2,1-3H3/t16-,22-,23-,25+,26+,27+/m1/s1. The van der Waals surface area contributed by atoms with Gasteiger partial charge in [-0.15, -0.1) is 0 Å². The highest BCUT2D eigenvalue weighted by Gasteiger charge is 2.57. The minimum Gasteiger partial charge on any atom is -0.493 e. The first-order valence-corrected chi connectivity index (χ1v) is 12.1. The van der Waals surface area contributed by atoms with Gasteiger partial charge in [-0.05, 0) is 35.2 Å². The van der Waals surface area contributed by atoms with Crippen molar-refractivity contribution < 1.29 is 49.2 Å². The summed E-state index contributed by atoms with van der Waals surface area (Å²) in [4.78, 5) is 1.76. The fourth-order valence-corrected chi connectivity index (χ4v) is 5.82. The predicted octanol–water partition coefficient (Wildman–Crippen LogP) is 0.906. The number of ether oxygens (including phenoxy) is 5. The summed E-state index contributed by atoms with van der Waals surface area (Å²) in [6, 6.07) is 10.2. The number of nitrogens with zero attached hydrogens (tertiary/aromatic N) is 1. The molecule has 3 heterocycles. The maximum absolute atomic E-state index is 11.8. The lowest BCUT2D eigenvalue weighted by molar-refractivity contribution is -0.354. The van der Waals surface area contributed by atoms with Crippen molar-refractivity contribution >= 4 is 16.5 Å². The molecule has 3 aromatic carbocycles. The first-order valence-electron chi connectivity index (χ1n) is 12.1. The minimum atomic E-state index is -2.62. The maximum Gasteiger partial charge on any atom is 0.231 e. The number of likely N-dealkylation sites (N-methyl/N-ethyl adjacent to an activating group) is 1. The van der Waals surface area contributed by atoms with E-state index < -0.39 is 42.9 Å². The minimum absolute atomic E-state index is 0.112. The van der Waals surface area contributed by atoms with Gasteiger partial charge in [-0.25, -0.2) is 0 Å². The van der Waals surface area contributed by atoms with Crippen LogP contribution in [-0.4, -0.2) is 90.4 Å². The summed E-state index contributed by atoms with van der Waals surface area (Å²) in [7, 11) is 4.70. The van der Waals surface area contributed by atoms with E-state index in [1.54, 1.807) is 18.0 Å². The Morgan fingerprint density at radius 2 is 1.71 bits per heavy atom. The summed E-state index contributed by atoms with van der Waals surface area (Å²) < 4.78 is 27.8. The Labute approximate surface area is 217 Å². The predicted molar refractivity (Wildman–Crippen MR) is 135 cm³/mol. The third-order valence-corrected chi connectivity index (χ3v) is 7.77. The third kappa shape index (κ3) is 3.37. The number of anilines is 1. The zero-order chi connectivity index (χ0) is 26.9. The fraction of sp³-hybridized carbons (Fsp3) is 0.407. The lowest BCUT2D eigenvalue weighted by atomic mass is 9.79. The van der Waals surface area contributed by atoms with Crippen molar-refractivity contribution in [1.82, 2.24) is 0 Å². The van der Waals surface area contributed by atoms with Crippen LogP contribution in [0.2, 0.25) is 0 Å². The van der Waals surface area contributed by atoms with Gasteiger partial charge < -0.3 is 54.1 Å². The summed E-state index contributed by atoms with van der Waals surface area (Å²) in [5.41, 5.74) is 2.73. The van der Waals surface area contributed by atoms with Gasteiger partial charge in [0.2, 0.25) is 12.6 Å². The van der Waals surface area contributed by atoms with Gasteiger partial charge >= 0.3 is 0 Å². The van der Waals surface area contributed by atoms with Crippen LogP contribution in [-0.2, 0) is 4.74 Å². The first-order chi connectivity index (χ1) is 18.2. The van der Waals surface area contributed by atoms with Gasteiger partial charge in [0.15, 0.2) is 23.0 Å². The summed E-state index contributed by atoms with van der Waals surface area (Å²) in [5.74, 6) is -0.691. The topological polar surface area (TPSA) is 151 Å². The van der Waals surface area contributed by atoms with Crippen molar-refractivity contribution in [3.05, 3.63) is 42.0 Å². The smallest absolute Gasteiger partial charge is 0.231 e. The largest absolute Gasteiger partial charge is 0.493 e. The van der Waals surface area contributed by atoms with Crippen LogP contribution in [0.25, 0.3) is 21.9 Å². The normalized spacial score (nSPS) is 28.6. The lowest BCUT2D eigenvalue weighted by Gasteiger charge is -2.49. The second kappa shape index (κ2) is 8.87. The zero-order valence-corrected chi connectivity index (χ0v) is 21.0. The Morgan fingerprint density at radius 3 is 2.42 bits per heavy atom. The number of methoxy groups -OCH3 is 2. The Balaban J connectivity index is 1.60. The summed E-state index contributed by atoms with van der Waals surface area (Å²) in [5, 5.41) is 55.9. The molecule has 11 nitrogen and oxygen atoms in total. The summed E-state index contributed by atoms with van der Waals surface area (Å²) in [6.45, 7) is -0.380. The SMILES string of the molecule is COc1ccc2c(c1OC)[C@H]([C@H](O)[C@]1(O)OC[C@@H](O)[C@@H](O)[C@@H]1O)N(C)c1c-2ccc2cc3c(cc12)OCO3. The van der Waals surface area contributed by atoms with E-state index >= 15 is 0 Å². The molecule has 3 aliphatic rings. The highest BCUT2D eigenvalue weighted by Crippen LogP contribution is 2.55. The number of aliphatic hydroxyl groups is 5. The molecule has 0 saturated carbocycles. The third-order valence-electron chi connectivity index (χ3n) is 7.77. The van der Waals surface area contributed by atoms with Crippen LogP contribution >= 0.6 is 0 Å². The van der Waals surface area contributed by atoms with E-state index in [9.17, 15) is 25.5 Å². The molecule has 0 aliphatic carbocycles. The van der Waals surface area contributed by atoms with Gasteiger partial charge in [0, 0.05) is 23.6 Å². The van der Waals surface area contributed by atoms with Crippen molar-refractivity contribution in [3.63, 3.8) is 0 Å². The molecule has 0 amide bonds. The summed E-state index contributed by atoms with van der Waals surface area (Å²) >= 11 is 0. The molecule has 5 N–H and O–H groups in total. The van der Waals surface area contributed by atoms with Crippen LogP contribution in [0.5, 0.6) is 23.0 Å². The second-order valence-corrected chi connectivity index (χ2v) is 9.72. The maximum atomic E-state index is 11.8. The molecule has 0 unspecified atom stereocenters. The molecule has 0 bridgehead atoms. The molecular formula is C27H29NO10. The molecule has 0 spiro atoms. The number of hydrogen-bond acceptors (Lipinski definition) is 11. The van der Waals surface area contributed by atoms with Crippen molar-refractivity contribution in [3.8, 4) is 34.1 Å². The van der Waals surface area contributed by atoms with E-state index in [4.69, 9.17) is 23.7 Å². The van der Waals surface area contributed by atoms with Gasteiger partial charge in [0.25, 0.3) is 0 Å². The van der Waals surface area contributed by atoms with Gasteiger partial charge in [-0.3, -0.25) is 0 Å². The Morgan fingerprint density at radius 1 is 1.00 bits per heavy atom. The van der Waals surface area contributed by atoms with Gasteiger partial charge in [-0.2, -0.15) is 0 Å².